The number of aliphatic carboxylic acids is 1. The van der Waals surface area contributed by atoms with Gasteiger partial charge in [0.15, 0.2) is 5.43 Å². The van der Waals surface area contributed by atoms with E-state index in [1.54, 1.807) is 12.1 Å². The van der Waals surface area contributed by atoms with Gasteiger partial charge in [0.25, 0.3) is 0 Å². The summed E-state index contributed by atoms with van der Waals surface area (Å²) < 4.78 is 5.26. The smallest absolute Gasteiger partial charge is 0.331 e. The quantitative estimate of drug-likeness (QED) is 0.847. The molecular formula is C13H9ClO4. The van der Waals surface area contributed by atoms with Crippen molar-refractivity contribution in [2.45, 2.75) is 6.92 Å². The van der Waals surface area contributed by atoms with Crippen LogP contribution in [0.4, 0.5) is 0 Å². The fourth-order valence-electron chi connectivity index (χ4n) is 1.51. The fraction of sp³-hybridized carbons (Fsp3) is 0.0769. The molecule has 0 aliphatic rings. The molecule has 1 aromatic carbocycles. The van der Waals surface area contributed by atoms with E-state index < -0.39 is 5.97 Å². The van der Waals surface area contributed by atoms with E-state index in [2.05, 4.69) is 0 Å². The number of carbonyl (C=O) groups is 1. The second-order valence-electron chi connectivity index (χ2n) is 3.79. The minimum Gasteiger partial charge on any atom is -0.478 e. The van der Waals surface area contributed by atoms with E-state index in [1.807, 2.05) is 0 Å². The Hall–Kier alpha value is -2.07. The Morgan fingerprint density at radius 3 is 2.83 bits per heavy atom. The summed E-state index contributed by atoms with van der Waals surface area (Å²) in [5, 5.41) is 9.52. The molecule has 2 rings (SSSR count). The molecule has 0 saturated carbocycles. The third kappa shape index (κ3) is 2.28. The summed E-state index contributed by atoms with van der Waals surface area (Å²) in [6.45, 7) is 1.41. The van der Waals surface area contributed by atoms with Crippen LogP contribution in [-0.2, 0) is 4.79 Å². The van der Waals surface area contributed by atoms with Gasteiger partial charge in [-0.2, -0.15) is 0 Å². The molecule has 0 radical (unpaired) electrons. The Bertz CT molecular complexity index is 712. The molecule has 0 atom stereocenters. The molecule has 92 valence electrons. The van der Waals surface area contributed by atoms with Crippen LogP contribution in [0.25, 0.3) is 17.0 Å². The molecule has 1 N–H and O–H groups in total. The molecular weight excluding hydrogens is 256 g/mol. The van der Waals surface area contributed by atoms with Gasteiger partial charge in [-0.15, -0.1) is 0 Å². The predicted molar refractivity (Wildman–Crippen MR) is 68.8 cm³/mol. The van der Waals surface area contributed by atoms with Crippen molar-refractivity contribution >= 4 is 34.6 Å². The molecule has 4 nitrogen and oxygen atoms in total. The van der Waals surface area contributed by atoms with Gasteiger partial charge in [-0.3, -0.25) is 4.79 Å². The van der Waals surface area contributed by atoms with E-state index in [0.717, 1.165) is 0 Å². The first-order valence-corrected chi connectivity index (χ1v) is 5.49. The van der Waals surface area contributed by atoms with Gasteiger partial charge in [-0.1, -0.05) is 11.6 Å². The summed E-state index contributed by atoms with van der Waals surface area (Å²) in [6, 6.07) is 4.71. The first kappa shape index (κ1) is 12.4. The van der Waals surface area contributed by atoms with Gasteiger partial charge < -0.3 is 9.52 Å². The third-order valence-electron chi connectivity index (χ3n) is 2.47. The number of hydrogen-bond donors (Lipinski definition) is 1. The summed E-state index contributed by atoms with van der Waals surface area (Å²) in [7, 11) is 0. The summed E-state index contributed by atoms with van der Waals surface area (Å²) in [4.78, 5) is 22.8. The van der Waals surface area contributed by atoms with E-state index in [1.165, 1.54) is 25.3 Å². The summed E-state index contributed by atoms with van der Waals surface area (Å²) in [5.74, 6) is -1.08. The zero-order chi connectivity index (χ0) is 13.3. The average Bonchev–Trinajstić information content (AvgIpc) is 2.33. The normalized spacial score (nSPS) is 11.8. The maximum atomic E-state index is 12.1. The van der Waals surface area contributed by atoms with Crippen molar-refractivity contribution in [2.24, 2.45) is 0 Å². The number of hydrogen-bond acceptors (Lipinski definition) is 3. The van der Waals surface area contributed by atoms with Crippen molar-refractivity contribution in [3.8, 4) is 0 Å². The van der Waals surface area contributed by atoms with Crippen molar-refractivity contribution in [1.29, 1.82) is 0 Å². The highest BCUT2D eigenvalue weighted by atomic mass is 35.5. The van der Waals surface area contributed by atoms with Crippen molar-refractivity contribution < 1.29 is 14.3 Å². The minimum atomic E-state index is -1.08. The molecule has 0 fully saturated rings. The van der Waals surface area contributed by atoms with Crippen molar-refractivity contribution in [3.05, 3.63) is 50.8 Å². The third-order valence-corrected chi connectivity index (χ3v) is 2.71. The van der Waals surface area contributed by atoms with Crippen LogP contribution in [0.15, 0.2) is 39.2 Å². The second kappa shape index (κ2) is 4.66. The highest BCUT2D eigenvalue weighted by Crippen LogP contribution is 2.17. The van der Waals surface area contributed by atoms with Gasteiger partial charge in [0.05, 0.1) is 10.9 Å². The van der Waals surface area contributed by atoms with Gasteiger partial charge in [0, 0.05) is 10.6 Å². The van der Waals surface area contributed by atoms with E-state index >= 15 is 0 Å². The average molecular weight is 265 g/mol. The molecule has 0 aliphatic carbocycles. The Kier molecular flexibility index (Phi) is 3.21. The van der Waals surface area contributed by atoms with Gasteiger partial charge in [-0.05, 0) is 31.2 Å². The first-order valence-electron chi connectivity index (χ1n) is 5.11. The Balaban J connectivity index is 2.68. The number of halogens is 1. The molecule has 0 spiro atoms. The van der Waals surface area contributed by atoms with Crippen LogP contribution < -0.4 is 5.43 Å². The van der Waals surface area contributed by atoms with Crippen LogP contribution in [0.2, 0.25) is 5.02 Å². The van der Waals surface area contributed by atoms with Crippen LogP contribution in [0.5, 0.6) is 0 Å². The second-order valence-corrected chi connectivity index (χ2v) is 4.23. The molecule has 5 heteroatoms. The van der Waals surface area contributed by atoms with Gasteiger partial charge in [0.1, 0.15) is 11.8 Å². The van der Waals surface area contributed by atoms with Crippen LogP contribution in [0.1, 0.15) is 12.5 Å². The Morgan fingerprint density at radius 2 is 2.17 bits per heavy atom. The standard InChI is InChI=1S/C13H9ClO4/c1-7(13(16)17)4-8-6-18-11-3-2-9(14)5-10(11)12(8)15/h2-6H,1H3,(H,16,17)/b7-4+. The number of carboxylic acids is 1. The zero-order valence-corrected chi connectivity index (χ0v) is 10.2. The topological polar surface area (TPSA) is 67.5 Å². The van der Waals surface area contributed by atoms with Crippen LogP contribution in [-0.4, -0.2) is 11.1 Å². The van der Waals surface area contributed by atoms with Crippen molar-refractivity contribution in [3.63, 3.8) is 0 Å². The molecule has 0 amide bonds. The van der Waals surface area contributed by atoms with E-state index in [0.29, 0.717) is 16.0 Å². The zero-order valence-electron chi connectivity index (χ0n) is 9.44. The number of fused-ring (bicyclic) bond motifs is 1. The number of benzene rings is 1. The lowest BCUT2D eigenvalue weighted by molar-refractivity contribution is -0.132. The van der Waals surface area contributed by atoms with E-state index in [4.69, 9.17) is 21.1 Å². The number of carboxylic acid groups (broad SMARTS) is 1. The van der Waals surface area contributed by atoms with Gasteiger partial charge >= 0.3 is 5.97 Å². The largest absolute Gasteiger partial charge is 0.478 e. The Morgan fingerprint density at radius 1 is 1.44 bits per heavy atom. The van der Waals surface area contributed by atoms with Crippen LogP contribution in [0, 0.1) is 0 Å². The Labute approximate surface area is 107 Å². The maximum Gasteiger partial charge on any atom is 0.331 e. The maximum absolute atomic E-state index is 12.1. The monoisotopic (exact) mass is 264 g/mol. The summed E-state index contributed by atoms with van der Waals surface area (Å²) in [5.41, 5.74) is 0.349. The van der Waals surface area contributed by atoms with Crippen molar-refractivity contribution in [1.82, 2.24) is 0 Å². The van der Waals surface area contributed by atoms with Gasteiger partial charge in [0.2, 0.25) is 0 Å². The molecule has 0 saturated heterocycles. The molecule has 0 aliphatic heterocycles. The molecule has 1 heterocycles. The molecule has 1 aromatic heterocycles. The lowest BCUT2D eigenvalue weighted by Gasteiger charge is -1.99. The van der Waals surface area contributed by atoms with Crippen LogP contribution >= 0.6 is 11.6 Å². The molecule has 18 heavy (non-hydrogen) atoms. The predicted octanol–water partition coefficient (Wildman–Crippen LogP) is 2.93. The highest BCUT2D eigenvalue weighted by molar-refractivity contribution is 6.31. The lowest BCUT2D eigenvalue weighted by atomic mass is 10.1. The number of rotatable bonds is 2. The minimum absolute atomic E-state index is 0.0590. The highest BCUT2D eigenvalue weighted by Gasteiger charge is 2.08. The molecule has 2 aromatic rings. The first-order chi connectivity index (χ1) is 8.49. The van der Waals surface area contributed by atoms with E-state index in [-0.39, 0.29) is 16.6 Å². The summed E-state index contributed by atoms with van der Waals surface area (Å²) >= 11 is 5.81. The summed E-state index contributed by atoms with van der Waals surface area (Å²) in [6.07, 6.45) is 2.51. The SMILES string of the molecule is C/C(=C\c1coc2ccc(Cl)cc2c1=O)C(=O)O. The van der Waals surface area contributed by atoms with Gasteiger partial charge in [-0.25, -0.2) is 4.79 Å². The molecule has 0 bridgehead atoms. The van der Waals surface area contributed by atoms with E-state index in [9.17, 15) is 9.59 Å². The van der Waals surface area contributed by atoms with Crippen LogP contribution in [0.3, 0.4) is 0 Å². The molecule has 0 unspecified atom stereocenters. The fourth-order valence-corrected chi connectivity index (χ4v) is 1.69. The van der Waals surface area contributed by atoms with Crippen molar-refractivity contribution in [2.75, 3.05) is 0 Å². The lowest BCUT2D eigenvalue weighted by Crippen LogP contribution is -2.06.